The van der Waals surface area contributed by atoms with Crippen molar-refractivity contribution in [1.82, 2.24) is 29.4 Å². The number of amides is 2. The maximum absolute atomic E-state index is 15.1. The highest BCUT2D eigenvalue weighted by molar-refractivity contribution is 5.88. The lowest BCUT2D eigenvalue weighted by atomic mass is 9.96. The zero-order chi connectivity index (χ0) is 33.2. The van der Waals surface area contributed by atoms with E-state index in [1.165, 1.54) is 22.1 Å². The average molecular weight is 637 g/mol. The Morgan fingerprint density at radius 1 is 1.09 bits per heavy atom. The van der Waals surface area contributed by atoms with E-state index in [1.54, 1.807) is 45.9 Å². The standard InChI is InChI=1S/C32H38F2N8O4/c1-6-11-41-19(2)37-28-23(33)14-21(15-25(28)41)27-24(34)17-36-29(39-27)38-26-8-7-22(16-35-26)42(31(45)46-32(3,4)5)18-20-9-12-40(13-10-20)30(43)44/h7-8,14-17,20H,6,9-13,18H2,1-5H3,(H,43,44)(H,35,36,38,39). The van der Waals surface area contributed by atoms with E-state index < -0.39 is 29.4 Å². The van der Waals surface area contributed by atoms with Gasteiger partial charge in [0.25, 0.3) is 0 Å². The minimum atomic E-state index is -0.949. The van der Waals surface area contributed by atoms with Crippen LogP contribution in [0.15, 0.2) is 36.7 Å². The first kappa shape index (κ1) is 32.5. The number of carbonyl (C=O) groups is 2. The Hall–Kier alpha value is -4.88. The first-order valence-electron chi connectivity index (χ1n) is 15.2. The van der Waals surface area contributed by atoms with Crippen molar-refractivity contribution in [3.05, 3.63) is 54.1 Å². The highest BCUT2D eigenvalue weighted by Crippen LogP contribution is 2.30. The summed E-state index contributed by atoms with van der Waals surface area (Å²) in [6.07, 6.45) is 3.07. The third-order valence-corrected chi connectivity index (χ3v) is 7.70. The molecule has 0 saturated carbocycles. The van der Waals surface area contributed by atoms with E-state index in [9.17, 15) is 19.1 Å². The number of likely N-dealkylation sites (tertiary alicyclic amines) is 1. The average Bonchev–Trinajstić information content (AvgIpc) is 3.32. The van der Waals surface area contributed by atoms with Crippen LogP contribution in [-0.4, -0.2) is 71.9 Å². The number of imidazole rings is 1. The number of carbonyl (C=O) groups excluding carboxylic acids is 1. The van der Waals surface area contributed by atoms with Gasteiger partial charge in [-0.1, -0.05) is 6.92 Å². The van der Waals surface area contributed by atoms with E-state index in [0.717, 1.165) is 12.6 Å². The molecule has 4 heterocycles. The van der Waals surface area contributed by atoms with Crippen LogP contribution in [0.5, 0.6) is 0 Å². The molecule has 1 fully saturated rings. The third-order valence-electron chi connectivity index (χ3n) is 7.70. The second-order valence-corrected chi connectivity index (χ2v) is 12.4. The van der Waals surface area contributed by atoms with Gasteiger partial charge in [-0.2, -0.15) is 0 Å². The number of piperidine rings is 1. The predicted octanol–water partition coefficient (Wildman–Crippen LogP) is 6.76. The zero-order valence-corrected chi connectivity index (χ0v) is 26.5. The van der Waals surface area contributed by atoms with Crippen molar-refractivity contribution in [2.24, 2.45) is 5.92 Å². The minimum absolute atomic E-state index is 0.0459. The van der Waals surface area contributed by atoms with Crippen molar-refractivity contribution in [1.29, 1.82) is 0 Å². The van der Waals surface area contributed by atoms with Crippen LogP contribution in [0.3, 0.4) is 0 Å². The Morgan fingerprint density at radius 3 is 2.46 bits per heavy atom. The summed E-state index contributed by atoms with van der Waals surface area (Å²) in [5.74, 6) is -0.171. The molecular weight excluding hydrogens is 598 g/mol. The van der Waals surface area contributed by atoms with Crippen molar-refractivity contribution in [2.45, 2.75) is 66.0 Å². The number of pyridine rings is 1. The molecule has 14 heteroatoms. The van der Waals surface area contributed by atoms with Gasteiger partial charge in [0.15, 0.2) is 11.6 Å². The number of halogens is 2. The van der Waals surface area contributed by atoms with Crippen LogP contribution in [-0.2, 0) is 11.3 Å². The summed E-state index contributed by atoms with van der Waals surface area (Å²) in [5.41, 5.74) is 0.705. The number of nitrogens with one attached hydrogen (secondary N) is 1. The number of fused-ring (bicyclic) bond motifs is 1. The van der Waals surface area contributed by atoms with Crippen LogP contribution in [0.4, 0.5) is 35.8 Å². The monoisotopic (exact) mass is 636 g/mol. The maximum Gasteiger partial charge on any atom is 0.414 e. The largest absolute Gasteiger partial charge is 0.465 e. The van der Waals surface area contributed by atoms with Gasteiger partial charge in [-0.25, -0.2) is 38.3 Å². The molecule has 12 nitrogen and oxygen atoms in total. The van der Waals surface area contributed by atoms with Crippen molar-refractivity contribution in [3.8, 4) is 11.3 Å². The molecule has 4 aromatic rings. The molecule has 1 saturated heterocycles. The predicted molar refractivity (Wildman–Crippen MR) is 169 cm³/mol. The summed E-state index contributed by atoms with van der Waals surface area (Å²) in [6.45, 7) is 10.9. The normalized spacial score (nSPS) is 14.0. The molecule has 1 aliphatic heterocycles. The van der Waals surface area contributed by atoms with Gasteiger partial charge in [0.05, 0.1) is 23.6 Å². The smallest absolute Gasteiger partial charge is 0.414 e. The molecule has 0 atom stereocenters. The summed E-state index contributed by atoms with van der Waals surface area (Å²) in [4.78, 5) is 44.5. The van der Waals surface area contributed by atoms with Gasteiger partial charge in [-0.15, -0.1) is 0 Å². The number of nitrogens with zero attached hydrogens (tertiary/aromatic N) is 7. The molecule has 1 aliphatic rings. The fourth-order valence-corrected chi connectivity index (χ4v) is 5.47. The van der Waals surface area contributed by atoms with Crippen LogP contribution in [0, 0.1) is 24.5 Å². The van der Waals surface area contributed by atoms with E-state index in [2.05, 4.69) is 25.3 Å². The summed E-state index contributed by atoms with van der Waals surface area (Å²) < 4.78 is 37.6. The highest BCUT2D eigenvalue weighted by atomic mass is 19.1. The van der Waals surface area contributed by atoms with Crippen molar-refractivity contribution in [3.63, 3.8) is 0 Å². The second kappa shape index (κ2) is 13.2. The number of anilines is 3. The lowest BCUT2D eigenvalue weighted by molar-refractivity contribution is 0.0566. The van der Waals surface area contributed by atoms with E-state index in [1.807, 2.05) is 11.5 Å². The van der Waals surface area contributed by atoms with Crippen molar-refractivity contribution < 1.29 is 28.2 Å². The lowest BCUT2D eigenvalue weighted by Crippen LogP contribution is -2.44. The molecule has 1 aromatic carbocycles. The molecule has 46 heavy (non-hydrogen) atoms. The van der Waals surface area contributed by atoms with E-state index >= 15 is 4.39 Å². The van der Waals surface area contributed by atoms with Crippen molar-refractivity contribution in [2.75, 3.05) is 29.9 Å². The van der Waals surface area contributed by atoms with E-state index in [0.29, 0.717) is 61.9 Å². The number of carboxylic acid groups (broad SMARTS) is 1. The first-order chi connectivity index (χ1) is 21.8. The lowest BCUT2D eigenvalue weighted by Gasteiger charge is -2.34. The molecule has 0 unspecified atom stereocenters. The number of hydrogen-bond donors (Lipinski definition) is 2. The molecule has 0 radical (unpaired) electrons. The molecule has 3 aromatic heterocycles. The Balaban J connectivity index is 1.37. The molecule has 244 valence electrons. The van der Waals surface area contributed by atoms with Gasteiger partial charge in [-0.3, -0.25) is 4.90 Å². The second-order valence-electron chi connectivity index (χ2n) is 12.4. The number of benzene rings is 1. The minimum Gasteiger partial charge on any atom is -0.465 e. The molecule has 0 spiro atoms. The highest BCUT2D eigenvalue weighted by Gasteiger charge is 2.29. The number of aryl methyl sites for hydroxylation is 2. The Bertz CT molecular complexity index is 1730. The SMILES string of the molecule is CCCn1c(C)nc2c(F)cc(-c3nc(Nc4ccc(N(CC5CCN(C(=O)O)CC5)C(=O)OC(C)(C)C)cn4)ncc3F)cc21. The quantitative estimate of drug-likeness (QED) is 0.215. The maximum atomic E-state index is 15.1. The van der Waals surface area contributed by atoms with Crippen molar-refractivity contribution >= 4 is 40.7 Å². The molecule has 2 amide bonds. The van der Waals surface area contributed by atoms with Gasteiger partial charge >= 0.3 is 12.2 Å². The molecule has 2 N–H and O–H groups in total. The summed E-state index contributed by atoms with van der Waals surface area (Å²) in [5, 5.41) is 12.2. The zero-order valence-electron chi connectivity index (χ0n) is 26.5. The summed E-state index contributed by atoms with van der Waals surface area (Å²) in [7, 11) is 0. The summed E-state index contributed by atoms with van der Waals surface area (Å²) >= 11 is 0. The number of rotatable bonds is 8. The number of aromatic nitrogens is 5. The van der Waals surface area contributed by atoms with Gasteiger partial charge in [0.2, 0.25) is 5.95 Å². The molecular formula is C32H38F2N8O4. The van der Waals surface area contributed by atoms with Crippen LogP contribution in [0.25, 0.3) is 22.3 Å². The van der Waals surface area contributed by atoms with Gasteiger partial charge in [-0.05, 0) is 77.1 Å². The molecule has 0 aliphatic carbocycles. The van der Waals surface area contributed by atoms with E-state index in [-0.39, 0.29) is 28.6 Å². The van der Waals surface area contributed by atoms with Crippen LogP contribution in [0.2, 0.25) is 0 Å². The Labute approximate surface area is 265 Å². The fraction of sp³-hybridized carbons (Fsp3) is 0.438. The van der Waals surface area contributed by atoms with Gasteiger partial charge in [0, 0.05) is 31.7 Å². The molecule has 0 bridgehead atoms. The summed E-state index contributed by atoms with van der Waals surface area (Å²) in [6, 6.07) is 6.21. The molecule has 5 rings (SSSR count). The van der Waals surface area contributed by atoms with Crippen LogP contribution >= 0.6 is 0 Å². The third kappa shape index (κ3) is 7.32. The topological polar surface area (TPSA) is 139 Å². The number of ether oxygens (including phenoxy) is 1. The van der Waals surface area contributed by atoms with E-state index in [4.69, 9.17) is 4.74 Å². The first-order valence-corrected chi connectivity index (χ1v) is 15.2. The van der Waals surface area contributed by atoms with Crippen LogP contribution in [0.1, 0.15) is 52.8 Å². The van der Waals surface area contributed by atoms with Gasteiger partial charge < -0.3 is 24.6 Å². The van der Waals surface area contributed by atoms with Gasteiger partial charge in [0.1, 0.15) is 28.5 Å². The number of hydrogen-bond acceptors (Lipinski definition) is 8. The Morgan fingerprint density at radius 2 is 1.83 bits per heavy atom. The fourth-order valence-electron chi connectivity index (χ4n) is 5.47. The Kier molecular flexibility index (Phi) is 9.35. The van der Waals surface area contributed by atoms with Crippen LogP contribution < -0.4 is 10.2 Å².